The molecule has 0 aliphatic heterocycles. The highest BCUT2D eigenvalue weighted by atomic mass is 16.2. The fourth-order valence-corrected chi connectivity index (χ4v) is 5.06. The van der Waals surface area contributed by atoms with Gasteiger partial charge in [-0.1, -0.05) is 77.6 Å². The summed E-state index contributed by atoms with van der Waals surface area (Å²) in [7, 11) is 0. The van der Waals surface area contributed by atoms with E-state index in [9.17, 15) is 9.59 Å². The van der Waals surface area contributed by atoms with Crippen LogP contribution in [0.15, 0.2) is 0 Å². The van der Waals surface area contributed by atoms with E-state index in [4.69, 9.17) is 0 Å². The Hall–Kier alpha value is -1.10. The Morgan fingerprint density at radius 2 is 1.10 bits per heavy atom. The van der Waals surface area contributed by atoms with Gasteiger partial charge in [0.1, 0.15) is 0 Å². The number of carbonyl (C=O) groups is 2. The maximum Gasteiger partial charge on any atom is 0.221 e. The molecule has 0 spiro atoms. The van der Waals surface area contributed by atoms with Gasteiger partial charge < -0.3 is 15.5 Å². The van der Waals surface area contributed by atoms with E-state index >= 15 is 0 Å². The van der Waals surface area contributed by atoms with E-state index in [0.29, 0.717) is 24.9 Å². The molecule has 0 unspecified atom stereocenters. The number of hydrogen-bond donors (Lipinski definition) is 2. The van der Waals surface area contributed by atoms with Gasteiger partial charge >= 0.3 is 0 Å². The van der Waals surface area contributed by atoms with E-state index < -0.39 is 0 Å². The molecule has 180 valence electrons. The average Bonchev–Trinajstić information content (AvgIpc) is 2.78. The lowest BCUT2D eigenvalue weighted by Gasteiger charge is -2.26. The number of unbranched alkanes of at least 4 members (excludes halogenated alkanes) is 5. The van der Waals surface area contributed by atoms with Gasteiger partial charge in [0.05, 0.1) is 0 Å². The molecule has 2 aliphatic rings. The second kappa shape index (κ2) is 16.5. The average molecular weight is 436 g/mol. The van der Waals surface area contributed by atoms with Crippen LogP contribution in [0.5, 0.6) is 0 Å². The number of hydrogen-bond acceptors (Lipinski definition) is 3. The Kier molecular flexibility index (Phi) is 13.9. The van der Waals surface area contributed by atoms with Crippen LogP contribution >= 0.6 is 0 Å². The summed E-state index contributed by atoms with van der Waals surface area (Å²) in [4.78, 5) is 27.2. The summed E-state index contributed by atoms with van der Waals surface area (Å²) in [5, 5.41) is 6.48. The minimum absolute atomic E-state index is 0.187. The molecule has 5 nitrogen and oxygen atoms in total. The molecule has 0 radical (unpaired) electrons. The molecule has 2 saturated carbocycles. The van der Waals surface area contributed by atoms with Gasteiger partial charge in [-0.2, -0.15) is 0 Å². The van der Waals surface area contributed by atoms with Gasteiger partial charge in [-0.3, -0.25) is 9.59 Å². The number of rotatable bonds is 15. The monoisotopic (exact) mass is 435 g/mol. The quantitative estimate of drug-likeness (QED) is 0.342. The summed E-state index contributed by atoms with van der Waals surface area (Å²) in [6.45, 7) is 4.78. The molecule has 2 rings (SSSR count). The molecule has 2 amide bonds. The molecule has 0 heterocycles. The molecule has 0 aromatic heterocycles. The first kappa shape index (κ1) is 26.2. The van der Waals surface area contributed by atoms with Crippen molar-refractivity contribution in [2.24, 2.45) is 0 Å². The van der Waals surface area contributed by atoms with Crippen LogP contribution in [-0.4, -0.2) is 48.4 Å². The Bertz CT molecular complexity index is 449. The first-order chi connectivity index (χ1) is 15.2. The summed E-state index contributed by atoms with van der Waals surface area (Å²) in [5.41, 5.74) is 0. The van der Waals surface area contributed by atoms with Crippen LogP contribution in [0.25, 0.3) is 0 Å². The SMILES string of the molecule is CCCCCCCCN(CCC(=O)NC1CCCCC1)CCC(=O)NC1CCCCC1. The number of carbonyl (C=O) groups excluding carboxylic acids is 2. The second-order valence-electron chi connectivity index (χ2n) is 9.91. The molecule has 0 aromatic rings. The number of nitrogens with one attached hydrogen (secondary N) is 2. The first-order valence-electron chi connectivity index (χ1n) is 13.5. The molecule has 0 saturated heterocycles. The molecule has 2 fully saturated rings. The van der Waals surface area contributed by atoms with Crippen LogP contribution in [0.2, 0.25) is 0 Å². The van der Waals surface area contributed by atoms with Gasteiger partial charge in [0.15, 0.2) is 0 Å². The van der Waals surface area contributed by atoms with E-state index in [-0.39, 0.29) is 11.8 Å². The van der Waals surface area contributed by atoms with Gasteiger partial charge in [0.25, 0.3) is 0 Å². The van der Waals surface area contributed by atoms with Crippen LogP contribution in [0, 0.1) is 0 Å². The van der Waals surface area contributed by atoms with Crippen molar-refractivity contribution in [2.45, 2.75) is 135 Å². The minimum Gasteiger partial charge on any atom is -0.353 e. The van der Waals surface area contributed by atoms with E-state index in [2.05, 4.69) is 22.5 Å². The van der Waals surface area contributed by atoms with Crippen molar-refractivity contribution in [3.8, 4) is 0 Å². The first-order valence-corrected chi connectivity index (χ1v) is 13.5. The maximum atomic E-state index is 12.4. The molecule has 0 bridgehead atoms. The summed E-state index contributed by atoms with van der Waals surface area (Å²) < 4.78 is 0. The lowest BCUT2D eigenvalue weighted by molar-refractivity contribution is -0.122. The largest absolute Gasteiger partial charge is 0.353 e. The molecular weight excluding hydrogens is 386 g/mol. The zero-order valence-electron chi connectivity index (χ0n) is 20.3. The smallest absolute Gasteiger partial charge is 0.221 e. The van der Waals surface area contributed by atoms with Gasteiger partial charge in [-0.15, -0.1) is 0 Å². The summed E-state index contributed by atoms with van der Waals surface area (Å²) in [5.74, 6) is 0.373. The molecular formula is C26H49N3O2. The second-order valence-corrected chi connectivity index (χ2v) is 9.91. The highest BCUT2D eigenvalue weighted by molar-refractivity contribution is 5.77. The molecule has 2 aliphatic carbocycles. The van der Waals surface area contributed by atoms with Crippen LogP contribution < -0.4 is 10.6 Å². The third kappa shape index (κ3) is 12.5. The fraction of sp³-hybridized carbons (Fsp3) is 0.923. The van der Waals surface area contributed by atoms with E-state index in [1.54, 1.807) is 0 Å². The third-order valence-corrected chi connectivity index (χ3v) is 7.08. The van der Waals surface area contributed by atoms with E-state index in [0.717, 1.165) is 51.7 Å². The van der Waals surface area contributed by atoms with Crippen molar-refractivity contribution in [3.05, 3.63) is 0 Å². The molecule has 0 aromatic carbocycles. The molecule has 5 heteroatoms. The van der Waals surface area contributed by atoms with Crippen LogP contribution in [0.1, 0.15) is 122 Å². The topological polar surface area (TPSA) is 61.4 Å². The third-order valence-electron chi connectivity index (χ3n) is 7.08. The number of nitrogens with zero attached hydrogens (tertiary/aromatic N) is 1. The van der Waals surface area contributed by atoms with Gasteiger partial charge in [-0.25, -0.2) is 0 Å². The van der Waals surface area contributed by atoms with Crippen LogP contribution in [-0.2, 0) is 9.59 Å². The Morgan fingerprint density at radius 3 is 1.58 bits per heavy atom. The van der Waals surface area contributed by atoms with Crippen molar-refractivity contribution in [2.75, 3.05) is 19.6 Å². The Balaban J connectivity index is 1.69. The normalized spacial score (nSPS) is 18.3. The molecule has 31 heavy (non-hydrogen) atoms. The van der Waals surface area contributed by atoms with Crippen LogP contribution in [0.4, 0.5) is 0 Å². The standard InChI is InChI=1S/C26H49N3O2/c1-2-3-4-5-6-13-20-29(21-18-25(30)27-23-14-9-7-10-15-23)22-19-26(31)28-24-16-11-8-12-17-24/h23-24H,2-22H2,1H3,(H,27,30)(H,28,31). The summed E-state index contributed by atoms with van der Waals surface area (Å²) in [6, 6.07) is 0.768. The Labute approximate surface area is 191 Å². The predicted octanol–water partition coefficient (Wildman–Crippen LogP) is 5.33. The zero-order valence-corrected chi connectivity index (χ0v) is 20.3. The molecule has 0 atom stereocenters. The van der Waals surface area contributed by atoms with E-state index in [1.165, 1.54) is 70.6 Å². The van der Waals surface area contributed by atoms with Gasteiger partial charge in [-0.05, 0) is 38.6 Å². The van der Waals surface area contributed by atoms with Crippen LogP contribution in [0.3, 0.4) is 0 Å². The number of amides is 2. The summed E-state index contributed by atoms with van der Waals surface area (Å²) >= 11 is 0. The predicted molar refractivity (Wildman–Crippen MR) is 129 cm³/mol. The highest BCUT2D eigenvalue weighted by Crippen LogP contribution is 2.18. The summed E-state index contributed by atoms with van der Waals surface area (Å²) in [6.07, 6.45) is 20.9. The zero-order chi connectivity index (χ0) is 22.2. The van der Waals surface area contributed by atoms with E-state index in [1.807, 2.05) is 0 Å². The maximum absolute atomic E-state index is 12.4. The van der Waals surface area contributed by atoms with Crippen molar-refractivity contribution in [1.82, 2.24) is 15.5 Å². The highest BCUT2D eigenvalue weighted by Gasteiger charge is 2.18. The molecule has 2 N–H and O–H groups in total. The van der Waals surface area contributed by atoms with Crippen molar-refractivity contribution >= 4 is 11.8 Å². The Morgan fingerprint density at radius 1 is 0.645 bits per heavy atom. The van der Waals surface area contributed by atoms with Gasteiger partial charge in [0, 0.05) is 38.0 Å². The van der Waals surface area contributed by atoms with Crippen molar-refractivity contribution in [3.63, 3.8) is 0 Å². The van der Waals surface area contributed by atoms with Crippen molar-refractivity contribution in [1.29, 1.82) is 0 Å². The minimum atomic E-state index is 0.187. The fourth-order valence-electron chi connectivity index (χ4n) is 5.06. The van der Waals surface area contributed by atoms with Crippen molar-refractivity contribution < 1.29 is 9.59 Å². The lowest BCUT2D eigenvalue weighted by Crippen LogP contribution is -2.40. The lowest BCUT2D eigenvalue weighted by atomic mass is 9.95. The van der Waals surface area contributed by atoms with Gasteiger partial charge in [0.2, 0.25) is 11.8 Å².